The molecule has 0 aliphatic heterocycles. The molecule has 7 nitrogen and oxygen atoms in total. The number of hydrogen-bond donors (Lipinski definition) is 1. The van der Waals surface area contributed by atoms with Gasteiger partial charge >= 0.3 is 0 Å². The number of carbonyl (C=O) groups excluding carboxylic acids is 1. The van der Waals surface area contributed by atoms with Gasteiger partial charge in [-0.05, 0) is 67.1 Å². The smallest absolute Gasteiger partial charge is 0.264 e. The molecule has 0 bridgehead atoms. The minimum absolute atomic E-state index is 0.0758. The van der Waals surface area contributed by atoms with Crippen LogP contribution in [-0.4, -0.2) is 35.1 Å². The number of benzene rings is 3. The third kappa shape index (κ3) is 5.16. The molecule has 0 saturated heterocycles. The highest BCUT2D eigenvalue weighted by Gasteiger charge is 2.27. The number of anilines is 2. The number of hydrogen-bond acceptors (Lipinski definition) is 5. The monoisotopic (exact) mass is 440 g/mol. The van der Waals surface area contributed by atoms with E-state index in [1.165, 1.54) is 19.2 Å². The fourth-order valence-electron chi connectivity index (χ4n) is 3.05. The van der Waals surface area contributed by atoms with Crippen LogP contribution in [0.2, 0.25) is 0 Å². The Kier molecular flexibility index (Phi) is 6.81. The predicted molar refractivity (Wildman–Crippen MR) is 120 cm³/mol. The highest BCUT2D eigenvalue weighted by Crippen LogP contribution is 2.27. The van der Waals surface area contributed by atoms with E-state index < -0.39 is 15.9 Å². The number of aryl methyl sites for hydroxylation is 1. The molecule has 0 aliphatic carbocycles. The molecule has 0 radical (unpaired) electrons. The second kappa shape index (κ2) is 9.53. The third-order valence-electron chi connectivity index (χ3n) is 4.66. The van der Waals surface area contributed by atoms with E-state index in [1.807, 2.05) is 0 Å². The van der Waals surface area contributed by atoms with Crippen LogP contribution in [0, 0.1) is 6.92 Å². The zero-order valence-electron chi connectivity index (χ0n) is 17.5. The van der Waals surface area contributed by atoms with Gasteiger partial charge in [0.1, 0.15) is 18.0 Å². The van der Waals surface area contributed by atoms with Crippen LogP contribution in [0.4, 0.5) is 11.4 Å². The zero-order chi connectivity index (χ0) is 22.4. The zero-order valence-corrected chi connectivity index (χ0v) is 18.3. The van der Waals surface area contributed by atoms with Gasteiger partial charge in [-0.1, -0.05) is 18.2 Å². The molecule has 31 heavy (non-hydrogen) atoms. The van der Waals surface area contributed by atoms with Gasteiger partial charge < -0.3 is 14.8 Å². The SMILES string of the molecule is COc1ccc(NC(=O)CN(c2ccccc2)S(=O)(=O)c2ccc(OC)c(C)c2)cc1. The number of carbonyl (C=O) groups is 1. The highest BCUT2D eigenvalue weighted by molar-refractivity contribution is 7.92. The van der Waals surface area contributed by atoms with Gasteiger partial charge in [0.25, 0.3) is 10.0 Å². The minimum Gasteiger partial charge on any atom is -0.497 e. The average molecular weight is 441 g/mol. The Morgan fingerprint density at radius 2 is 1.61 bits per heavy atom. The second-order valence-electron chi connectivity index (χ2n) is 6.76. The molecule has 3 aromatic rings. The van der Waals surface area contributed by atoms with Crippen LogP contribution in [0.15, 0.2) is 77.7 Å². The summed E-state index contributed by atoms with van der Waals surface area (Å²) in [4.78, 5) is 12.8. The maximum atomic E-state index is 13.4. The molecule has 0 heterocycles. The van der Waals surface area contributed by atoms with Gasteiger partial charge in [0.05, 0.1) is 24.8 Å². The highest BCUT2D eigenvalue weighted by atomic mass is 32.2. The molecule has 3 rings (SSSR count). The molecule has 0 spiro atoms. The Balaban J connectivity index is 1.91. The molecule has 0 aliphatic rings. The maximum Gasteiger partial charge on any atom is 0.264 e. The van der Waals surface area contributed by atoms with Crippen molar-refractivity contribution in [1.29, 1.82) is 0 Å². The minimum atomic E-state index is -4.00. The third-order valence-corrected chi connectivity index (χ3v) is 6.43. The van der Waals surface area contributed by atoms with E-state index in [-0.39, 0.29) is 11.4 Å². The lowest BCUT2D eigenvalue weighted by atomic mass is 10.2. The summed E-state index contributed by atoms with van der Waals surface area (Å²) in [6.07, 6.45) is 0. The van der Waals surface area contributed by atoms with Crippen molar-refractivity contribution in [3.63, 3.8) is 0 Å². The molecule has 1 amide bonds. The van der Waals surface area contributed by atoms with Gasteiger partial charge in [-0.2, -0.15) is 0 Å². The number of ether oxygens (including phenoxy) is 2. The lowest BCUT2D eigenvalue weighted by molar-refractivity contribution is -0.114. The van der Waals surface area contributed by atoms with E-state index in [9.17, 15) is 13.2 Å². The van der Waals surface area contributed by atoms with Crippen molar-refractivity contribution in [2.45, 2.75) is 11.8 Å². The molecule has 8 heteroatoms. The summed E-state index contributed by atoms with van der Waals surface area (Å²) in [6, 6.07) is 19.9. The van der Waals surface area contributed by atoms with E-state index >= 15 is 0 Å². The molecule has 0 saturated carbocycles. The summed E-state index contributed by atoms with van der Waals surface area (Å²) in [6.45, 7) is 1.38. The second-order valence-corrected chi connectivity index (χ2v) is 8.62. The van der Waals surface area contributed by atoms with E-state index in [0.29, 0.717) is 28.4 Å². The van der Waals surface area contributed by atoms with Crippen molar-refractivity contribution in [3.05, 3.63) is 78.4 Å². The van der Waals surface area contributed by atoms with E-state index in [4.69, 9.17) is 9.47 Å². The molecule has 0 unspecified atom stereocenters. The normalized spacial score (nSPS) is 10.9. The first kappa shape index (κ1) is 22.2. The summed E-state index contributed by atoms with van der Waals surface area (Å²) >= 11 is 0. The topological polar surface area (TPSA) is 84.9 Å². The van der Waals surface area contributed by atoms with Gasteiger partial charge in [0.2, 0.25) is 5.91 Å². The Morgan fingerprint density at radius 1 is 0.935 bits per heavy atom. The predicted octanol–water partition coefficient (Wildman–Crippen LogP) is 3.85. The van der Waals surface area contributed by atoms with Crippen molar-refractivity contribution in [2.75, 3.05) is 30.4 Å². The van der Waals surface area contributed by atoms with Crippen molar-refractivity contribution in [2.24, 2.45) is 0 Å². The number of amides is 1. The fourth-order valence-corrected chi connectivity index (χ4v) is 4.56. The van der Waals surface area contributed by atoms with Gasteiger partial charge in [-0.3, -0.25) is 9.10 Å². The number of sulfonamides is 1. The first-order chi connectivity index (χ1) is 14.8. The molecule has 0 fully saturated rings. The van der Waals surface area contributed by atoms with Crippen LogP contribution in [0.25, 0.3) is 0 Å². The maximum absolute atomic E-state index is 13.4. The molecule has 0 atom stereocenters. The number of nitrogens with one attached hydrogen (secondary N) is 1. The number of methoxy groups -OCH3 is 2. The summed E-state index contributed by atoms with van der Waals surface area (Å²) in [5, 5.41) is 2.73. The lowest BCUT2D eigenvalue weighted by Crippen LogP contribution is -2.38. The molecular formula is C23H24N2O5S. The number of para-hydroxylation sites is 1. The van der Waals surface area contributed by atoms with E-state index in [2.05, 4.69) is 5.32 Å². The standard InChI is InChI=1S/C23H24N2O5S/c1-17-15-21(13-14-22(17)30-3)31(27,28)25(19-7-5-4-6-8-19)16-23(26)24-18-9-11-20(29-2)12-10-18/h4-15H,16H2,1-3H3,(H,24,26). The molecule has 1 N–H and O–H groups in total. The first-order valence-corrected chi connectivity index (χ1v) is 11.0. The van der Waals surface area contributed by atoms with Gasteiger partial charge in [-0.15, -0.1) is 0 Å². The Labute approximate surface area is 182 Å². The van der Waals surface area contributed by atoms with Crippen LogP contribution in [0.1, 0.15) is 5.56 Å². The van der Waals surface area contributed by atoms with E-state index in [1.54, 1.807) is 74.7 Å². The van der Waals surface area contributed by atoms with Crippen molar-refractivity contribution < 1.29 is 22.7 Å². The fraction of sp³-hybridized carbons (Fsp3) is 0.174. The summed E-state index contributed by atoms with van der Waals surface area (Å²) < 4.78 is 38.3. The van der Waals surface area contributed by atoms with E-state index in [0.717, 1.165) is 4.31 Å². The Hall–Kier alpha value is -3.52. The number of nitrogens with zero attached hydrogens (tertiary/aromatic N) is 1. The molecule has 3 aromatic carbocycles. The summed E-state index contributed by atoms with van der Waals surface area (Å²) in [5.74, 6) is 0.770. The molecule has 162 valence electrons. The van der Waals surface area contributed by atoms with Crippen molar-refractivity contribution in [1.82, 2.24) is 0 Å². The Morgan fingerprint density at radius 3 is 2.19 bits per heavy atom. The van der Waals surface area contributed by atoms with Crippen molar-refractivity contribution >= 4 is 27.3 Å². The average Bonchev–Trinajstić information content (AvgIpc) is 2.78. The summed E-state index contributed by atoms with van der Waals surface area (Å²) in [7, 11) is -0.926. The quantitative estimate of drug-likeness (QED) is 0.575. The van der Waals surface area contributed by atoms with Crippen LogP contribution in [0.5, 0.6) is 11.5 Å². The van der Waals surface area contributed by atoms with Crippen molar-refractivity contribution in [3.8, 4) is 11.5 Å². The summed E-state index contributed by atoms with van der Waals surface area (Å²) in [5.41, 5.74) is 1.61. The first-order valence-electron chi connectivity index (χ1n) is 9.51. The van der Waals surface area contributed by atoms with Gasteiger partial charge in [-0.25, -0.2) is 8.42 Å². The Bertz CT molecular complexity index is 1150. The van der Waals surface area contributed by atoms with Crippen LogP contribution >= 0.6 is 0 Å². The molecule has 0 aromatic heterocycles. The van der Waals surface area contributed by atoms with Crippen LogP contribution < -0.4 is 19.1 Å². The number of rotatable bonds is 8. The molecular weight excluding hydrogens is 416 g/mol. The lowest BCUT2D eigenvalue weighted by Gasteiger charge is -2.24. The van der Waals surface area contributed by atoms with Crippen LogP contribution in [0.3, 0.4) is 0 Å². The van der Waals surface area contributed by atoms with Gasteiger partial charge in [0, 0.05) is 5.69 Å². The van der Waals surface area contributed by atoms with Crippen LogP contribution in [-0.2, 0) is 14.8 Å². The van der Waals surface area contributed by atoms with Gasteiger partial charge in [0.15, 0.2) is 0 Å². The largest absolute Gasteiger partial charge is 0.497 e.